The first-order chi connectivity index (χ1) is 14.7. The monoisotopic (exact) mass is 408 g/mol. The van der Waals surface area contributed by atoms with Crippen molar-refractivity contribution in [2.75, 3.05) is 13.2 Å². The Morgan fingerprint density at radius 2 is 2.13 bits per heavy atom. The van der Waals surface area contributed by atoms with Crippen LogP contribution in [0.1, 0.15) is 22.6 Å². The number of aliphatic hydroxyl groups excluding tert-OH is 1. The van der Waals surface area contributed by atoms with Crippen molar-refractivity contribution in [3.05, 3.63) is 59.3 Å². The molecule has 0 amide bonds. The van der Waals surface area contributed by atoms with Gasteiger partial charge in [0.1, 0.15) is 23.7 Å². The maximum Gasteiger partial charge on any atom is 0.171 e. The molecule has 4 aromatic rings. The van der Waals surface area contributed by atoms with Crippen LogP contribution in [0.2, 0.25) is 0 Å². The number of rotatable bonds is 6. The number of halogens is 1. The molecule has 154 valence electrons. The number of aromatic nitrogens is 6. The summed E-state index contributed by atoms with van der Waals surface area (Å²) in [5.41, 5.74) is 4.86. The lowest BCUT2D eigenvalue weighted by Crippen LogP contribution is -2.06. The molecule has 1 aliphatic heterocycles. The predicted molar refractivity (Wildman–Crippen MR) is 107 cm³/mol. The maximum atomic E-state index is 14.5. The molecule has 0 bridgehead atoms. The van der Waals surface area contributed by atoms with Crippen LogP contribution in [0.4, 0.5) is 4.39 Å². The van der Waals surface area contributed by atoms with Gasteiger partial charge in [-0.3, -0.25) is 9.08 Å². The fraction of sp³-hybridized carbons (Fsp3) is 0.333. The Hall–Kier alpha value is -3.33. The Balaban J connectivity index is 1.48. The minimum absolute atomic E-state index is 0.0167. The molecule has 1 aliphatic rings. The first kappa shape index (κ1) is 18.7. The molecule has 9 heteroatoms. The highest BCUT2D eigenvalue weighted by atomic mass is 19.1. The summed E-state index contributed by atoms with van der Waals surface area (Å²) < 4.78 is 23.6. The summed E-state index contributed by atoms with van der Waals surface area (Å²) in [5.74, 6) is 1.33. The van der Waals surface area contributed by atoms with Crippen LogP contribution in [0.15, 0.2) is 30.9 Å². The van der Waals surface area contributed by atoms with Crippen LogP contribution in [0.25, 0.3) is 16.8 Å². The van der Waals surface area contributed by atoms with Crippen LogP contribution in [-0.4, -0.2) is 47.7 Å². The van der Waals surface area contributed by atoms with E-state index in [1.807, 2.05) is 17.5 Å². The number of hydrogen-bond donors (Lipinski definition) is 1. The van der Waals surface area contributed by atoms with Gasteiger partial charge in [0, 0.05) is 41.9 Å². The molecular formula is C21H21FN6O2. The molecule has 0 unspecified atom stereocenters. The van der Waals surface area contributed by atoms with E-state index < -0.39 is 0 Å². The lowest BCUT2D eigenvalue weighted by molar-refractivity contribution is 0.269. The number of benzene rings is 1. The van der Waals surface area contributed by atoms with Gasteiger partial charge in [-0.1, -0.05) is 0 Å². The number of hydrogen-bond acceptors (Lipinski definition) is 6. The number of nitrogens with zero attached hydrogens (tertiary/aromatic N) is 6. The molecule has 30 heavy (non-hydrogen) atoms. The summed E-state index contributed by atoms with van der Waals surface area (Å²) in [5, 5.41) is 21.9. The standard InChI is InChI=1S/C21H21FN6O2/c1-13-17(11-27(26-13)7-8-29)16-10-23-20(28-12-24-25-21(16)28)5-2-14-15-6-9-30-19(15)4-3-18(14)22/h3-4,10-12,29H,2,5-9H2,1H3. The fourth-order valence-corrected chi connectivity index (χ4v) is 4.06. The quantitative estimate of drug-likeness (QED) is 0.526. The summed E-state index contributed by atoms with van der Waals surface area (Å²) in [7, 11) is 0. The second-order valence-electron chi connectivity index (χ2n) is 7.33. The molecule has 0 saturated heterocycles. The first-order valence-electron chi connectivity index (χ1n) is 9.91. The summed E-state index contributed by atoms with van der Waals surface area (Å²) in [4.78, 5) is 4.63. The molecule has 0 fully saturated rings. The summed E-state index contributed by atoms with van der Waals surface area (Å²) >= 11 is 0. The van der Waals surface area contributed by atoms with Gasteiger partial charge in [-0.2, -0.15) is 5.10 Å². The fourth-order valence-electron chi connectivity index (χ4n) is 4.06. The number of ether oxygens (including phenoxy) is 1. The zero-order valence-electron chi connectivity index (χ0n) is 16.5. The van der Waals surface area contributed by atoms with E-state index in [9.17, 15) is 4.39 Å². The molecular weight excluding hydrogens is 387 g/mol. The Morgan fingerprint density at radius 3 is 3.00 bits per heavy atom. The van der Waals surface area contributed by atoms with Gasteiger partial charge in [-0.25, -0.2) is 9.37 Å². The molecule has 4 heterocycles. The van der Waals surface area contributed by atoms with Crippen molar-refractivity contribution >= 4 is 5.65 Å². The van der Waals surface area contributed by atoms with Crippen LogP contribution < -0.4 is 4.74 Å². The van der Waals surface area contributed by atoms with E-state index in [2.05, 4.69) is 20.3 Å². The Labute approximate surface area is 172 Å². The molecule has 0 saturated carbocycles. The largest absolute Gasteiger partial charge is 0.493 e. The van der Waals surface area contributed by atoms with Crippen LogP contribution in [0, 0.1) is 12.7 Å². The Bertz CT molecular complexity index is 1230. The average Bonchev–Trinajstić information content (AvgIpc) is 3.47. The summed E-state index contributed by atoms with van der Waals surface area (Å²) in [6, 6.07) is 3.17. The molecule has 1 N–H and O–H groups in total. The van der Waals surface area contributed by atoms with E-state index in [1.54, 1.807) is 23.3 Å². The van der Waals surface area contributed by atoms with Gasteiger partial charge >= 0.3 is 0 Å². The Kier molecular flexibility index (Phi) is 4.66. The second-order valence-corrected chi connectivity index (χ2v) is 7.33. The second kappa shape index (κ2) is 7.49. The first-order valence-corrected chi connectivity index (χ1v) is 9.91. The highest BCUT2D eigenvalue weighted by Gasteiger charge is 2.20. The molecule has 8 nitrogen and oxygen atoms in total. The van der Waals surface area contributed by atoms with Gasteiger partial charge in [0.2, 0.25) is 0 Å². The van der Waals surface area contributed by atoms with Gasteiger partial charge in [0.05, 0.1) is 25.5 Å². The van der Waals surface area contributed by atoms with Gasteiger partial charge in [-0.05, 0) is 31.0 Å². The lowest BCUT2D eigenvalue weighted by Gasteiger charge is -2.10. The van der Waals surface area contributed by atoms with E-state index in [0.29, 0.717) is 37.2 Å². The third-order valence-corrected chi connectivity index (χ3v) is 5.51. The van der Waals surface area contributed by atoms with Gasteiger partial charge in [0.25, 0.3) is 0 Å². The molecule has 5 rings (SSSR count). The number of aryl methyl sites for hydroxylation is 2. The van der Waals surface area contributed by atoms with Crippen molar-refractivity contribution in [1.82, 2.24) is 29.4 Å². The van der Waals surface area contributed by atoms with E-state index >= 15 is 0 Å². The topological polar surface area (TPSA) is 90.4 Å². The maximum absolute atomic E-state index is 14.5. The number of fused-ring (bicyclic) bond motifs is 2. The van der Waals surface area contributed by atoms with Crippen molar-refractivity contribution in [3.63, 3.8) is 0 Å². The smallest absolute Gasteiger partial charge is 0.171 e. The molecule has 0 spiro atoms. The normalized spacial score (nSPS) is 13.0. The van der Waals surface area contributed by atoms with Crippen molar-refractivity contribution in [2.45, 2.75) is 32.7 Å². The predicted octanol–water partition coefficient (Wildman–Crippen LogP) is 2.15. The highest BCUT2D eigenvalue weighted by Crippen LogP contribution is 2.31. The van der Waals surface area contributed by atoms with Crippen LogP contribution in [0.5, 0.6) is 5.75 Å². The highest BCUT2D eigenvalue weighted by molar-refractivity contribution is 5.77. The lowest BCUT2D eigenvalue weighted by atomic mass is 10.00. The average molecular weight is 408 g/mol. The summed E-state index contributed by atoms with van der Waals surface area (Å²) in [6.45, 7) is 2.94. The van der Waals surface area contributed by atoms with Crippen LogP contribution in [-0.2, 0) is 25.8 Å². The van der Waals surface area contributed by atoms with E-state index in [1.165, 1.54) is 6.07 Å². The molecule has 0 aliphatic carbocycles. The Morgan fingerprint density at radius 1 is 1.23 bits per heavy atom. The van der Waals surface area contributed by atoms with Crippen molar-refractivity contribution in [1.29, 1.82) is 0 Å². The molecule has 0 radical (unpaired) electrons. The van der Waals surface area contributed by atoms with Crippen molar-refractivity contribution in [2.24, 2.45) is 0 Å². The van der Waals surface area contributed by atoms with Crippen molar-refractivity contribution in [3.8, 4) is 16.9 Å². The third kappa shape index (κ3) is 3.11. The van der Waals surface area contributed by atoms with Gasteiger partial charge < -0.3 is 9.84 Å². The molecule has 1 aromatic carbocycles. The molecule has 3 aromatic heterocycles. The minimum atomic E-state index is -0.206. The van der Waals surface area contributed by atoms with Crippen LogP contribution >= 0.6 is 0 Å². The number of aliphatic hydroxyl groups is 1. The van der Waals surface area contributed by atoms with Crippen LogP contribution in [0.3, 0.4) is 0 Å². The zero-order chi connectivity index (χ0) is 20.7. The van der Waals surface area contributed by atoms with E-state index in [0.717, 1.165) is 40.4 Å². The third-order valence-electron chi connectivity index (χ3n) is 5.51. The summed E-state index contributed by atoms with van der Waals surface area (Å²) in [6.07, 6.45) is 7.06. The van der Waals surface area contributed by atoms with E-state index in [4.69, 9.17) is 9.84 Å². The SMILES string of the molecule is Cc1nn(CCO)cc1-c1cnc(CCc2c(F)ccc3c2CCO3)n2cnnc12. The molecule has 0 atom stereocenters. The van der Waals surface area contributed by atoms with E-state index in [-0.39, 0.29) is 12.4 Å². The zero-order valence-corrected chi connectivity index (χ0v) is 16.5. The minimum Gasteiger partial charge on any atom is -0.493 e. The van der Waals surface area contributed by atoms with Gasteiger partial charge in [-0.15, -0.1) is 10.2 Å². The van der Waals surface area contributed by atoms with Gasteiger partial charge in [0.15, 0.2) is 5.65 Å². The van der Waals surface area contributed by atoms with Crippen molar-refractivity contribution < 1.29 is 14.2 Å².